The van der Waals surface area contributed by atoms with Gasteiger partial charge in [-0.15, -0.1) is 11.3 Å². The van der Waals surface area contributed by atoms with Crippen molar-refractivity contribution in [1.29, 1.82) is 0 Å². The maximum Gasteiger partial charge on any atom is 0.239 e. The van der Waals surface area contributed by atoms with Gasteiger partial charge in [0.2, 0.25) is 5.91 Å². The molecule has 1 rings (SSSR count). The number of nitrogens with zero attached hydrogens (tertiary/aromatic N) is 2. The number of aryl methyl sites for hydroxylation is 1. The van der Waals surface area contributed by atoms with E-state index in [1.54, 1.807) is 16.2 Å². The molecular weight excluding hydrogens is 222 g/mol. The van der Waals surface area contributed by atoms with E-state index >= 15 is 0 Å². The minimum Gasteiger partial charge on any atom is -0.345 e. The highest BCUT2D eigenvalue weighted by Gasteiger charge is 2.15. The Bertz CT molecular complexity index is 351. The molecule has 0 saturated heterocycles. The molecular formula is C11H19N3OS. The molecule has 4 nitrogen and oxygen atoms in total. The summed E-state index contributed by atoms with van der Waals surface area (Å²) < 4.78 is 0. The Morgan fingerprint density at radius 1 is 1.69 bits per heavy atom. The van der Waals surface area contributed by atoms with Crippen molar-refractivity contribution >= 4 is 17.2 Å². The van der Waals surface area contributed by atoms with Crippen LogP contribution in [0.5, 0.6) is 0 Å². The van der Waals surface area contributed by atoms with Crippen LogP contribution in [0.2, 0.25) is 0 Å². The van der Waals surface area contributed by atoms with Crippen LogP contribution in [-0.2, 0) is 11.3 Å². The lowest BCUT2D eigenvalue weighted by atomic mass is 10.3. The van der Waals surface area contributed by atoms with Crippen LogP contribution in [-0.4, -0.2) is 35.4 Å². The highest BCUT2D eigenvalue weighted by molar-refractivity contribution is 7.09. The summed E-state index contributed by atoms with van der Waals surface area (Å²) in [5.41, 5.74) is 1.00. The van der Waals surface area contributed by atoms with Gasteiger partial charge in [-0.2, -0.15) is 0 Å². The van der Waals surface area contributed by atoms with Crippen molar-refractivity contribution < 1.29 is 4.79 Å². The molecule has 16 heavy (non-hydrogen) atoms. The third kappa shape index (κ3) is 3.57. The Morgan fingerprint density at radius 2 is 2.38 bits per heavy atom. The third-order valence-corrected chi connectivity index (χ3v) is 3.30. The first-order chi connectivity index (χ1) is 7.54. The quantitative estimate of drug-likeness (QED) is 0.847. The topological polar surface area (TPSA) is 45.2 Å². The van der Waals surface area contributed by atoms with Gasteiger partial charge in [0.25, 0.3) is 0 Å². The van der Waals surface area contributed by atoms with Gasteiger partial charge in [-0.1, -0.05) is 0 Å². The Kier molecular flexibility index (Phi) is 4.89. The summed E-state index contributed by atoms with van der Waals surface area (Å²) >= 11 is 1.63. The average Bonchev–Trinajstić information content (AvgIpc) is 2.69. The van der Waals surface area contributed by atoms with E-state index in [1.165, 1.54) is 0 Å². The molecule has 0 fully saturated rings. The molecule has 0 spiro atoms. The fraction of sp³-hybridized carbons (Fsp3) is 0.636. The zero-order chi connectivity index (χ0) is 12.1. The van der Waals surface area contributed by atoms with Gasteiger partial charge in [0.1, 0.15) is 0 Å². The first kappa shape index (κ1) is 13.1. The summed E-state index contributed by atoms with van der Waals surface area (Å²) in [6.45, 7) is 7.21. The second-order valence-electron chi connectivity index (χ2n) is 3.81. The predicted molar refractivity (Wildman–Crippen MR) is 66.5 cm³/mol. The number of rotatable bonds is 5. The largest absolute Gasteiger partial charge is 0.345 e. The molecule has 90 valence electrons. The molecule has 5 heteroatoms. The molecule has 1 aromatic rings. The lowest BCUT2D eigenvalue weighted by Crippen LogP contribution is -2.42. The van der Waals surface area contributed by atoms with E-state index in [4.69, 9.17) is 0 Å². The van der Waals surface area contributed by atoms with Crippen LogP contribution >= 0.6 is 11.3 Å². The van der Waals surface area contributed by atoms with Gasteiger partial charge in [-0.05, 0) is 20.8 Å². The summed E-state index contributed by atoms with van der Waals surface area (Å²) in [6.07, 6.45) is 0. The fourth-order valence-corrected chi connectivity index (χ4v) is 1.93. The number of likely N-dealkylation sites (N-methyl/N-ethyl adjacent to an activating group) is 1. The first-order valence-electron chi connectivity index (χ1n) is 5.44. The minimum absolute atomic E-state index is 0.120. The van der Waals surface area contributed by atoms with Crippen LogP contribution < -0.4 is 5.32 Å². The zero-order valence-electron chi connectivity index (χ0n) is 10.3. The lowest BCUT2D eigenvalue weighted by molar-refractivity contribution is -0.131. The highest BCUT2D eigenvalue weighted by Crippen LogP contribution is 2.07. The molecule has 0 aliphatic rings. The van der Waals surface area contributed by atoms with Crippen molar-refractivity contribution in [2.45, 2.75) is 33.4 Å². The van der Waals surface area contributed by atoms with Crippen LogP contribution in [0.25, 0.3) is 0 Å². The molecule has 0 aliphatic carbocycles. The zero-order valence-corrected chi connectivity index (χ0v) is 11.1. The SMILES string of the molecule is CCN(C)C(=O)C(C)NCc1csc(C)n1. The van der Waals surface area contributed by atoms with Gasteiger partial charge in [0.05, 0.1) is 16.7 Å². The Labute approximate surface area is 101 Å². The normalized spacial score (nSPS) is 12.5. The maximum absolute atomic E-state index is 11.7. The number of amides is 1. The molecule has 1 amide bonds. The minimum atomic E-state index is -0.160. The lowest BCUT2D eigenvalue weighted by Gasteiger charge is -2.20. The summed E-state index contributed by atoms with van der Waals surface area (Å²) in [6, 6.07) is -0.160. The molecule has 0 aromatic carbocycles. The van der Waals surface area contributed by atoms with E-state index in [0.717, 1.165) is 17.2 Å². The van der Waals surface area contributed by atoms with E-state index in [2.05, 4.69) is 10.3 Å². The predicted octanol–water partition coefficient (Wildman–Crippen LogP) is 1.41. The molecule has 1 N–H and O–H groups in total. The van der Waals surface area contributed by atoms with Crippen molar-refractivity contribution in [2.75, 3.05) is 13.6 Å². The van der Waals surface area contributed by atoms with E-state index in [-0.39, 0.29) is 11.9 Å². The Balaban J connectivity index is 2.40. The van der Waals surface area contributed by atoms with Gasteiger partial charge in [0, 0.05) is 25.5 Å². The van der Waals surface area contributed by atoms with Gasteiger partial charge in [-0.3, -0.25) is 4.79 Å². The highest BCUT2D eigenvalue weighted by atomic mass is 32.1. The molecule has 0 bridgehead atoms. The summed E-state index contributed by atoms with van der Waals surface area (Å²) in [4.78, 5) is 17.8. The van der Waals surface area contributed by atoms with E-state index in [9.17, 15) is 4.79 Å². The van der Waals surface area contributed by atoms with Crippen molar-refractivity contribution in [1.82, 2.24) is 15.2 Å². The average molecular weight is 241 g/mol. The molecule has 1 aromatic heterocycles. The van der Waals surface area contributed by atoms with Crippen molar-refractivity contribution in [3.8, 4) is 0 Å². The number of carbonyl (C=O) groups is 1. The maximum atomic E-state index is 11.7. The number of thiazole rings is 1. The van der Waals surface area contributed by atoms with Gasteiger partial charge >= 0.3 is 0 Å². The molecule has 1 unspecified atom stereocenters. The van der Waals surface area contributed by atoms with Crippen LogP contribution in [0.15, 0.2) is 5.38 Å². The van der Waals surface area contributed by atoms with Crippen LogP contribution in [0, 0.1) is 6.92 Å². The first-order valence-corrected chi connectivity index (χ1v) is 6.32. The Hall–Kier alpha value is -0.940. The van der Waals surface area contributed by atoms with Gasteiger partial charge in [-0.25, -0.2) is 4.98 Å². The summed E-state index contributed by atoms with van der Waals surface area (Å²) in [5.74, 6) is 0.120. The van der Waals surface area contributed by atoms with Crippen molar-refractivity contribution in [3.05, 3.63) is 16.1 Å². The van der Waals surface area contributed by atoms with Crippen molar-refractivity contribution in [3.63, 3.8) is 0 Å². The van der Waals surface area contributed by atoms with Gasteiger partial charge < -0.3 is 10.2 Å². The molecule has 1 atom stereocenters. The summed E-state index contributed by atoms with van der Waals surface area (Å²) in [5, 5.41) is 6.25. The molecule has 0 radical (unpaired) electrons. The van der Waals surface area contributed by atoms with Crippen LogP contribution in [0.4, 0.5) is 0 Å². The standard InChI is InChI=1S/C11H19N3OS/c1-5-14(4)11(15)8(2)12-6-10-7-16-9(3)13-10/h7-8,12H,5-6H2,1-4H3. The number of carbonyl (C=O) groups excluding carboxylic acids is 1. The second-order valence-corrected chi connectivity index (χ2v) is 4.88. The van der Waals surface area contributed by atoms with Crippen LogP contribution in [0.1, 0.15) is 24.5 Å². The molecule has 0 aliphatic heterocycles. The fourth-order valence-electron chi connectivity index (χ4n) is 1.32. The molecule has 0 saturated carbocycles. The summed E-state index contributed by atoms with van der Waals surface area (Å²) in [7, 11) is 1.81. The molecule has 1 heterocycles. The number of aromatic nitrogens is 1. The van der Waals surface area contributed by atoms with E-state index < -0.39 is 0 Å². The van der Waals surface area contributed by atoms with Gasteiger partial charge in [0.15, 0.2) is 0 Å². The van der Waals surface area contributed by atoms with E-state index in [0.29, 0.717) is 6.54 Å². The smallest absolute Gasteiger partial charge is 0.239 e. The number of hydrogen-bond acceptors (Lipinski definition) is 4. The second kappa shape index (κ2) is 5.96. The number of nitrogens with one attached hydrogen (secondary N) is 1. The third-order valence-electron chi connectivity index (χ3n) is 2.48. The Morgan fingerprint density at radius 3 is 2.88 bits per heavy atom. The van der Waals surface area contributed by atoms with Crippen molar-refractivity contribution in [2.24, 2.45) is 0 Å². The monoisotopic (exact) mass is 241 g/mol. The van der Waals surface area contributed by atoms with E-state index in [1.807, 2.05) is 33.2 Å². The number of hydrogen-bond donors (Lipinski definition) is 1. The van der Waals surface area contributed by atoms with Crippen LogP contribution in [0.3, 0.4) is 0 Å².